The Balaban J connectivity index is 1.81. The standard InChI is InChI=1S/C32H34ClFN2O4S/c1-31(2,3)41-29-25-16-24(40-19-26(35-39)21-8-12-23(34)13-9-21)14-15-27(25)36(18-20-6-10-22(33)11-7-20)28(29)17-32(4,5)30(37)38/h6-16,39H,17-19H2,1-5H3,(H,37,38). The van der Waals surface area contributed by atoms with E-state index >= 15 is 0 Å². The van der Waals surface area contributed by atoms with E-state index in [0.29, 0.717) is 29.3 Å². The summed E-state index contributed by atoms with van der Waals surface area (Å²) in [5, 5.41) is 24.5. The SMILES string of the molecule is CC(C)(C)Sc1c(CC(C)(C)C(=O)O)n(Cc2ccc(Cl)cc2)c2ccc(OCC(=NO)c3ccc(F)cc3)cc12. The Labute approximate surface area is 248 Å². The number of hydrogen-bond donors (Lipinski definition) is 2. The average Bonchev–Trinajstić information content (AvgIpc) is 3.16. The van der Waals surface area contributed by atoms with Gasteiger partial charge in [0.05, 0.1) is 5.41 Å². The number of fused-ring (bicyclic) bond motifs is 1. The average molecular weight is 597 g/mol. The highest BCUT2D eigenvalue weighted by molar-refractivity contribution is 8.00. The second kappa shape index (κ2) is 12.2. The lowest BCUT2D eigenvalue weighted by molar-refractivity contribution is -0.146. The summed E-state index contributed by atoms with van der Waals surface area (Å²) >= 11 is 7.82. The maximum Gasteiger partial charge on any atom is 0.309 e. The first-order chi connectivity index (χ1) is 19.3. The Kier molecular flexibility index (Phi) is 9.04. The monoisotopic (exact) mass is 596 g/mol. The number of thioether (sulfide) groups is 1. The third-order valence-electron chi connectivity index (χ3n) is 6.62. The highest BCUT2D eigenvalue weighted by Gasteiger charge is 2.33. The van der Waals surface area contributed by atoms with Crippen LogP contribution < -0.4 is 4.74 Å². The third kappa shape index (κ3) is 7.43. The first-order valence-corrected chi connectivity index (χ1v) is 14.4. The van der Waals surface area contributed by atoms with E-state index < -0.39 is 11.4 Å². The molecule has 2 N–H and O–H groups in total. The van der Waals surface area contributed by atoms with E-state index in [2.05, 4.69) is 30.5 Å². The van der Waals surface area contributed by atoms with Gasteiger partial charge in [0, 0.05) is 49.8 Å². The summed E-state index contributed by atoms with van der Waals surface area (Å²) in [6.45, 7) is 10.4. The van der Waals surface area contributed by atoms with Crippen molar-refractivity contribution >= 4 is 45.9 Å². The normalized spacial score (nSPS) is 12.6. The molecule has 0 aliphatic heterocycles. The molecule has 0 aliphatic carbocycles. The number of aromatic nitrogens is 1. The summed E-state index contributed by atoms with van der Waals surface area (Å²) < 4.78 is 21.4. The van der Waals surface area contributed by atoms with Crippen molar-refractivity contribution in [1.82, 2.24) is 4.57 Å². The largest absolute Gasteiger partial charge is 0.487 e. The van der Waals surface area contributed by atoms with Crippen molar-refractivity contribution in [3.8, 4) is 5.75 Å². The van der Waals surface area contributed by atoms with Crippen molar-refractivity contribution in [3.05, 3.63) is 94.4 Å². The summed E-state index contributed by atoms with van der Waals surface area (Å²) in [6.07, 6.45) is 0.324. The molecule has 0 bridgehead atoms. The molecule has 0 spiro atoms. The van der Waals surface area contributed by atoms with Crippen molar-refractivity contribution in [2.45, 2.75) is 57.2 Å². The quantitative estimate of drug-likeness (QED) is 0.0833. The van der Waals surface area contributed by atoms with Gasteiger partial charge in [0.2, 0.25) is 0 Å². The number of nitrogens with zero attached hydrogens (tertiary/aromatic N) is 2. The number of halogens is 2. The summed E-state index contributed by atoms with van der Waals surface area (Å²) in [6, 6.07) is 19.1. The molecule has 0 unspecified atom stereocenters. The number of carboxylic acids is 1. The maximum atomic E-state index is 13.4. The van der Waals surface area contributed by atoms with Crippen molar-refractivity contribution in [2.24, 2.45) is 10.6 Å². The van der Waals surface area contributed by atoms with Crippen molar-refractivity contribution in [3.63, 3.8) is 0 Å². The highest BCUT2D eigenvalue weighted by Crippen LogP contribution is 2.44. The molecular formula is C32H34ClFN2O4S. The van der Waals surface area contributed by atoms with Crippen LogP contribution >= 0.6 is 23.4 Å². The zero-order valence-electron chi connectivity index (χ0n) is 23.7. The van der Waals surface area contributed by atoms with Crippen LogP contribution in [0.15, 0.2) is 76.8 Å². The van der Waals surface area contributed by atoms with Crippen LogP contribution in [0.2, 0.25) is 5.02 Å². The van der Waals surface area contributed by atoms with Crippen LogP contribution in [-0.2, 0) is 17.8 Å². The number of ether oxygens (including phenoxy) is 1. The smallest absolute Gasteiger partial charge is 0.309 e. The summed E-state index contributed by atoms with van der Waals surface area (Å²) in [5.41, 5.74) is 2.73. The zero-order valence-corrected chi connectivity index (χ0v) is 25.3. The molecule has 0 amide bonds. The molecule has 4 aromatic rings. The number of oxime groups is 1. The Morgan fingerprint density at radius 1 is 1.02 bits per heavy atom. The van der Waals surface area contributed by atoms with Gasteiger partial charge in [-0.1, -0.05) is 49.7 Å². The van der Waals surface area contributed by atoms with Gasteiger partial charge in [-0.05, 0) is 74.0 Å². The first-order valence-electron chi connectivity index (χ1n) is 13.2. The van der Waals surface area contributed by atoms with Gasteiger partial charge in [0.25, 0.3) is 0 Å². The van der Waals surface area contributed by atoms with Gasteiger partial charge in [0.1, 0.15) is 23.9 Å². The van der Waals surface area contributed by atoms with E-state index in [-0.39, 0.29) is 22.9 Å². The lowest BCUT2D eigenvalue weighted by atomic mass is 9.88. The number of hydrogen-bond acceptors (Lipinski definition) is 5. The van der Waals surface area contributed by atoms with Crippen molar-refractivity contribution < 1.29 is 24.2 Å². The molecule has 0 saturated carbocycles. The number of carboxylic acid groups (broad SMARTS) is 1. The Bertz CT molecular complexity index is 1570. The third-order valence-corrected chi connectivity index (χ3v) is 8.14. The van der Waals surface area contributed by atoms with Crippen LogP contribution in [-0.4, -0.2) is 37.9 Å². The molecule has 4 rings (SSSR count). The molecule has 0 fully saturated rings. The topological polar surface area (TPSA) is 84.0 Å². The number of aliphatic carboxylic acids is 1. The van der Waals surface area contributed by atoms with Crippen molar-refractivity contribution in [1.29, 1.82) is 0 Å². The molecule has 1 heterocycles. The molecule has 6 nitrogen and oxygen atoms in total. The van der Waals surface area contributed by atoms with E-state index in [9.17, 15) is 19.5 Å². The predicted molar refractivity (Wildman–Crippen MR) is 163 cm³/mol. The second-order valence-corrected chi connectivity index (χ2v) is 13.9. The predicted octanol–water partition coefficient (Wildman–Crippen LogP) is 8.28. The van der Waals surface area contributed by atoms with E-state index in [4.69, 9.17) is 16.3 Å². The summed E-state index contributed by atoms with van der Waals surface area (Å²) in [5.74, 6) is -0.691. The Hall–Kier alpha value is -3.49. The van der Waals surface area contributed by atoms with Gasteiger partial charge in [-0.3, -0.25) is 4.79 Å². The van der Waals surface area contributed by atoms with E-state index in [1.165, 1.54) is 24.3 Å². The van der Waals surface area contributed by atoms with E-state index in [0.717, 1.165) is 27.1 Å². The molecule has 216 valence electrons. The molecule has 0 saturated heterocycles. The minimum atomic E-state index is -1.000. The number of rotatable bonds is 10. The maximum absolute atomic E-state index is 13.4. The minimum absolute atomic E-state index is 0.0280. The van der Waals surface area contributed by atoms with E-state index in [1.807, 2.05) is 42.5 Å². The van der Waals surface area contributed by atoms with Crippen LogP contribution in [0.25, 0.3) is 10.9 Å². The molecule has 0 aliphatic rings. The second-order valence-electron chi connectivity index (χ2n) is 11.6. The molecular weight excluding hydrogens is 563 g/mol. The Morgan fingerprint density at radius 3 is 2.27 bits per heavy atom. The van der Waals surface area contributed by atoms with Crippen LogP contribution in [0.1, 0.15) is 51.4 Å². The summed E-state index contributed by atoms with van der Waals surface area (Å²) in [7, 11) is 0. The lowest BCUT2D eigenvalue weighted by Gasteiger charge is -2.24. The van der Waals surface area contributed by atoms with Crippen LogP contribution in [0, 0.1) is 11.2 Å². The van der Waals surface area contributed by atoms with Crippen LogP contribution in [0.4, 0.5) is 4.39 Å². The number of benzene rings is 3. The molecule has 9 heteroatoms. The fourth-order valence-corrected chi connectivity index (χ4v) is 5.76. The number of carbonyl (C=O) groups is 1. The zero-order chi connectivity index (χ0) is 29.9. The lowest BCUT2D eigenvalue weighted by Crippen LogP contribution is -2.28. The minimum Gasteiger partial charge on any atom is -0.487 e. The van der Waals surface area contributed by atoms with Gasteiger partial charge in [-0.25, -0.2) is 4.39 Å². The molecule has 0 radical (unpaired) electrons. The van der Waals surface area contributed by atoms with E-state index in [1.54, 1.807) is 25.6 Å². The first kappa shape index (κ1) is 30.5. The van der Waals surface area contributed by atoms with Crippen LogP contribution in [0.5, 0.6) is 5.75 Å². The van der Waals surface area contributed by atoms with Gasteiger partial charge in [-0.2, -0.15) is 0 Å². The molecule has 41 heavy (non-hydrogen) atoms. The highest BCUT2D eigenvalue weighted by atomic mass is 35.5. The summed E-state index contributed by atoms with van der Waals surface area (Å²) in [4.78, 5) is 13.2. The van der Waals surface area contributed by atoms with Crippen molar-refractivity contribution in [2.75, 3.05) is 6.61 Å². The van der Waals surface area contributed by atoms with Gasteiger partial charge in [0.15, 0.2) is 0 Å². The van der Waals surface area contributed by atoms with Gasteiger partial charge < -0.3 is 19.6 Å². The van der Waals surface area contributed by atoms with Gasteiger partial charge in [-0.15, -0.1) is 11.8 Å². The van der Waals surface area contributed by atoms with Crippen LogP contribution in [0.3, 0.4) is 0 Å². The Morgan fingerprint density at radius 2 is 1.68 bits per heavy atom. The molecule has 1 aromatic heterocycles. The molecule has 0 atom stereocenters. The fraction of sp³-hybridized carbons (Fsp3) is 0.312. The molecule has 3 aromatic carbocycles. The fourth-order valence-electron chi connectivity index (χ4n) is 4.45. The van der Waals surface area contributed by atoms with Gasteiger partial charge >= 0.3 is 5.97 Å².